The van der Waals surface area contributed by atoms with E-state index in [4.69, 9.17) is 16.0 Å². The van der Waals surface area contributed by atoms with Crippen molar-refractivity contribution in [1.29, 1.82) is 0 Å². The highest BCUT2D eigenvalue weighted by atomic mass is 35.5. The summed E-state index contributed by atoms with van der Waals surface area (Å²) < 4.78 is 5.89. The van der Waals surface area contributed by atoms with Crippen molar-refractivity contribution in [2.75, 3.05) is 26.2 Å². The second-order valence-electron chi connectivity index (χ2n) is 8.19. The number of nitrogens with zero attached hydrogens (tertiary/aromatic N) is 2. The first kappa shape index (κ1) is 19.3. The topological polar surface area (TPSA) is 53.8 Å². The number of hydrogen-bond acceptors (Lipinski definition) is 3. The van der Waals surface area contributed by atoms with Crippen molar-refractivity contribution in [1.82, 2.24) is 9.80 Å². The molecule has 2 aromatic rings. The Morgan fingerprint density at radius 3 is 2.64 bits per heavy atom. The number of fused-ring (bicyclic) bond motifs is 1. The molecule has 3 heterocycles. The van der Waals surface area contributed by atoms with Crippen molar-refractivity contribution in [2.45, 2.75) is 46.0 Å². The van der Waals surface area contributed by atoms with E-state index in [1.165, 1.54) is 0 Å². The average molecular weight is 403 g/mol. The zero-order chi connectivity index (χ0) is 19.8. The summed E-state index contributed by atoms with van der Waals surface area (Å²) in [7, 11) is 0. The van der Waals surface area contributed by atoms with E-state index in [0.29, 0.717) is 34.6 Å². The van der Waals surface area contributed by atoms with E-state index in [1.54, 1.807) is 0 Å². The number of furan rings is 1. The number of piperidine rings is 1. The van der Waals surface area contributed by atoms with Gasteiger partial charge in [-0.1, -0.05) is 11.6 Å². The number of benzene rings is 1. The number of halogens is 1. The molecule has 0 aliphatic carbocycles. The highest BCUT2D eigenvalue weighted by Gasteiger charge is 2.29. The molecule has 0 N–H and O–H groups in total. The smallest absolute Gasteiger partial charge is 0.289 e. The molecule has 4 rings (SSSR count). The zero-order valence-corrected chi connectivity index (χ0v) is 17.3. The first-order chi connectivity index (χ1) is 13.4. The van der Waals surface area contributed by atoms with Gasteiger partial charge in [0.2, 0.25) is 5.91 Å². The number of likely N-dealkylation sites (tertiary alicyclic amines) is 2. The Morgan fingerprint density at radius 2 is 1.96 bits per heavy atom. The van der Waals surface area contributed by atoms with E-state index in [9.17, 15) is 9.59 Å². The van der Waals surface area contributed by atoms with Crippen LogP contribution in [0.15, 0.2) is 16.5 Å². The van der Waals surface area contributed by atoms with Gasteiger partial charge in [0, 0.05) is 43.5 Å². The molecule has 6 heteroatoms. The molecule has 1 aromatic heterocycles. The molecule has 2 amide bonds. The van der Waals surface area contributed by atoms with Crippen LogP contribution in [0.4, 0.5) is 0 Å². The summed E-state index contributed by atoms with van der Waals surface area (Å²) in [5, 5.41) is 1.46. The van der Waals surface area contributed by atoms with Crippen molar-refractivity contribution in [3.8, 4) is 0 Å². The highest BCUT2D eigenvalue weighted by molar-refractivity contribution is 6.35. The average Bonchev–Trinajstić information content (AvgIpc) is 3.23. The second-order valence-corrected chi connectivity index (χ2v) is 8.60. The number of carbonyl (C=O) groups is 2. The van der Waals surface area contributed by atoms with E-state index in [1.807, 2.05) is 35.8 Å². The van der Waals surface area contributed by atoms with Crippen LogP contribution in [0.25, 0.3) is 11.0 Å². The van der Waals surface area contributed by atoms with Gasteiger partial charge in [-0.3, -0.25) is 9.59 Å². The lowest BCUT2D eigenvalue weighted by Gasteiger charge is -2.32. The Morgan fingerprint density at radius 1 is 1.21 bits per heavy atom. The summed E-state index contributed by atoms with van der Waals surface area (Å²) in [4.78, 5) is 28.7. The maximum atomic E-state index is 13.0. The van der Waals surface area contributed by atoms with E-state index in [-0.39, 0.29) is 5.91 Å². The summed E-state index contributed by atoms with van der Waals surface area (Å²) >= 11 is 6.31. The van der Waals surface area contributed by atoms with Crippen LogP contribution < -0.4 is 0 Å². The summed E-state index contributed by atoms with van der Waals surface area (Å²) in [6, 6.07) is 3.88. The predicted octanol–water partition coefficient (Wildman–Crippen LogP) is 4.57. The normalized spacial score (nSPS) is 18.5. The third-order valence-electron chi connectivity index (χ3n) is 6.21. The van der Waals surface area contributed by atoms with Gasteiger partial charge >= 0.3 is 0 Å². The van der Waals surface area contributed by atoms with E-state index in [0.717, 1.165) is 68.4 Å². The van der Waals surface area contributed by atoms with Crippen LogP contribution >= 0.6 is 11.6 Å². The quantitative estimate of drug-likeness (QED) is 0.752. The molecule has 0 radical (unpaired) electrons. The first-order valence-corrected chi connectivity index (χ1v) is 10.6. The monoisotopic (exact) mass is 402 g/mol. The SMILES string of the molecule is Cc1cc(Cl)c2oc(C(=O)N3CCC(CCN4CCCC4=O)CC3)c(C)c2c1. The number of hydrogen-bond donors (Lipinski definition) is 0. The third kappa shape index (κ3) is 3.64. The molecule has 0 bridgehead atoms. The molecule has 28 heavy (non-hydrogen) atoms. The largest absolute Gasteiger partial charge is 0.449 e. The van der Waals surface area contributed by atoms with Gasteiger partial charge in [0.15, 0.2) is 11.3 Å². The van der Waals surface area contributed by atoms with Crippen LogP contribution in [0.3, 0.4) is 0 Å². The van der Waals surface area contributed by atoms with Gasteiger partial charge in [-0.15, -0.1) is 0 Å². The Hall–Kier alpha value is -2.01. The number of rotatable bonds is 4. The molecule has 1 aromatic carbocycles. The minimum Gasteiger partial charge on any atom is -0.449 e. The van der Waals surface area contributed by atoms with Gasteiger partial charge in [0.05, 0.1) is 5.02 Å². The zero-order valence-electron chi connectivity index (χ0n) is 16.6. The summed E-state index contributed by atoms with van der Waals surface area (Å²) in [5.74, 6) is 1.23. The Kier molecular flexibility index (Phi) is 5.37. The minimum absolute atomic E-state index is 0.0457. The van der Waals surface area contributed by atoms with Crippen LogP contribution in [0, 0.1) is 19.8 Å². The van der Waals surface area contributed by atoms with E-state index >= 15 is 0 Å². The molecular weight excluding hydrogens is 376 g/mol. The van der Waals surface area contributed by atoms with Gasteiger partial charge in [-0.25, -0.2) is 0 Å². The molecule has 150 valence electrons. The van der Waals surface area contributed by atoms with Crippen LogP contribution in [0.1, 0.15) is 53.8 Å². The van der Waals surface area contributed by atoms with Crippen LogP contribution in [-0.2, 0) is 4.79 Å². The van der Waals surface area contributed by atoms with E-state index in [2.05, 4.69) is 0 Å². The first-order valence-electron chi connectivity index (χ1n) is 10.2. The molecule has 0 saturated carbocycles. The maximum absolute atomic E-state index is 13.0. The van der Waals surface area contributed by atoms with Crippen LogP contribution in [0.2, 0.25) is 5.02 Å². The lowest BCUT2D eigenvalue weighted by molar-refractivity contribution is -0.127. The van der Waals surface area contributed by atoms with Crippen LogP contribution in [0.5, 0.6) is 0 Å². The lowest BCUT2D eigenvalue weighted by Crippen LogP contribution is -2.39. The third-order valence-corrected chi connectivity index (χ3v) is 6.49. The number of carbonyl (C=O) groups excluding carboxylic acids is 2. The van der Waals surface area contributed by atoms with Crippen LogP contribution in [-0.4, -0.2) is 47.8 Å². The summed E-state index contributed by atoms with van der Waals surface area (Å²) in [6.45, 7) is 7.15. The molecule has 0 atom stereocenters. The molecule has 0 spiro atoms. The van der Waals surface area contributed by atoms with Crippen molar-refractivity contribution >= 4 is 34.4 Å². The fourth-order valence-corrected chi connectivity index (χ4v) is 4.78. The molecule has 0 unspecified atom stereocenters. The Bertz CT molecular complexity index is 912. The molecule has 5 nitrogen and oxygen atoms in total. The van der Waals surface area contributed by atoms with Gasteiger partial charge < -0.3 is 14.2 Å². The predicted molar refractivity (Wildman–Crippen MR) is 110 cm³/mol. The maximum Gasteiger partial charge on any atom is 0.289 e. The Labute approximate surface area is 170 Å². The molecular formula is C22H27ClN2O3. The highest BCUT2D eigenvalue weighted by Crippen LogP contribution is 2.33. The van der Waals surface area contributed by atoms with Crippen molar-refractivity contribution < 1.29 is 14.0 Å². The number of amides is 2. The number of aryl methyl sites for hydroxylation is 2. The van der Waals surface area contributed by atoms with Gasteiger partial charge in [-0.2, -0.15) is 0 Å². The van der Waals surface area contributed by atoms with Crippen molar-refractivity contribution in [3.63, 3.8) is 0 Å². The fourth-order valence-electron chi connectivity index (χ4n) is 4.46. The van der Waals surface area contributed by atoms with E-state index < -0.39 is 0 Å². The molecule has 2 saturated heterocycles. The van der Waals surface area contributed by atoms with Crippen molar-refractivity contribution in [3.05, 3.63) is 34.0 Å². The van der Waals surface area contributed by atoms with Gasteiger partial charge in [-0.05, 0) is 63.1 Å². The summed E-state index contributed by atoms with van der Waals surface area (Å²) in [5.41, 5.74) is 2.51. The fraction of sp³-hybridized carbons (Fsp3) is 0.545. The molecule has 2 fully saturated rings. The Balaban J connectivity index is 1.39. The molecule has 2 aliphatic rings. The molecule has 2 aliphatic heterocycles. The lowest BCUT2D eigenvalue weighted by atomic mass is 9.93. The summed E-state index contributed by atoms with van der Waals surface area (Å²) in [6.07, 6.45) is 4.69. The van der Waals surface area contributed by atoms with Gasteiger partial charge in [0.25, 0.3) is 5.91 Å². The minimum atomic E-state index is -0.0457. The standard InChI is InChI=1S/C22H27ClN2O3/c1-14-12-17-15(2)20(28-21(17)18(23)13-14)22(27)25-10-6-16(7-11-25)5-9-24-8-3-4-19(24)26/h12-13,16H,3-11H2,1-2H3. The van der Waals surface area contributed by atoms with Gasteiger partial charge in [0.1, 0.15) is 0 Å². The van der Waals surface area contributed by atoms with Crippen molar-refractivity contribution in [2.24, 2.45) is 5.92 Å². The second kappa shape index (κ2) is 7.78.